The Morgan fingerprint density at radius 2 is 1.95 bits per heavy atom. The second kappa shape index (κ2) is 7.58. The van der Waals surface area contributed by atoms with Crippen molar-refractivity contribution >= 4 is 7.60 Å². The molecule has 0 aromatic carbocycles. The maximum absolute atomic E-state index is 12.0. The monoisotopic (exact) mass is 312 g/mol. The van der Waals surface area contributed by atoms with Gasteiger partial charge < -0.3 is 9.05 Å². The molecule has 0 amide bonds. The summed E-state index contributed by atoms with van der Waals surface area (Å²) in [5, 5.41) is 0. The number of hydrogen-bond donors (Lipinski definition) is 0. The predicted molar refractivity (Wildman–Crippen MR) is 89.7 cm³/mol. The van der Waals surface area contributed by atoms with E-state index in [4.69, 9.17) is 9.05 Å². The van der Waals surface area contributed by atoms with Crippen molar-refractivity contribution in [3.05, 3.63) is 34.9 Å². The normalized spacial score (nSPS) is 20.4. The van der Waals surface area contributed by atoms with E-state index in [9.17, 15) is 4.57 Å². The summed E-state index contributed by atoms with van der Waals surface area (Å²) < 4.78 is 21.9. The van der Waals surface area contributed by atoms with Crippen molar-refractivity contribution < 1.29 is 13.6 Å². The summed E-state index contributed by atoms with van der Waals surface area (Å²) in [6, 6.07) is 0. The standard InChI is InChI=1S/C17H29O3P/c1-14(11-13-21(18,19-5)20-6)9-10-16-15(2)8-7-12-17(16,3)4/h9-11H,7-8,12-13H2,1-6H3. The van der Waals surface area contributed by atoms with E-state index in [2.05, 4.69) is 32.9 Å². The van der Waals surface area contributed by atoms with Crippen LogP contribution in [0.2, 0.25) is 0 Å². The zero-order chi connectivity index (χ0) is 16.1. The van der Waals surface area contributed by atoms with Crippen LogP contribution in [-0.4, -0.2) is 20.4 Å². The Labute approximate surface area is 129 Å². The first-order valence-corrected chi connectivity index (χ1v) is 9.22. The molecule has 0 saturated carbocycles. The van der Waals surface area contributed by atoms with E-state index in [0.717, 1.165) is 5.57 Å². The van der Waals surface area contributed by atoms with Crippen LogP contribution in [0.25, 0.3) is 0 Å². The summed E-state index contributed by atoms with van der Waals surface area (Å²) in [6.07, 6.45) is 10.2. The van der Waals surface area contributed by atoms with Gasteiger partial charge >= 0.3 is 7.60 Å². The summed E-state index contributed by atoms with van der Waals surface area (Å²) in [6.45, 7) is 8.85. The molecule has 0 spiro atoms. The van der Waals surface area contributed by atoms with Gasteiger partial charge in [0.15, 0.2) is 0 Å². The van der Waals surface area contributed by atoms with Crippen molar-refractivity contribution in [2.75, 3.05) is 20.4 Å². The Balaban J connectivity index is 2.82. The highest BCUT2D eigenvalue weighted by molar-refractivity contribution is 7.54. The minimum absolute atomic E-state index is 0.244. The van der Waals surface area contributed by atoms with Gasteiger partial charge in [0.25, 0.3) is 0 Å². The van der Waals surface area contributed by atoms with E-state index in [-0.39, 0.29) is 5.41 Å². The molecule has 120 valence electrons. The van der Waals surface area contributed by atoms with E-state index < -0.39 is 7.60 Å². The van der Waals surface area contributed by atoms with Crippen LogP contribution in [0.3, 0.4) is 0 Å². The fraction of sp³-hybridized carbons (Fsp3) is 0.647. The van der Waals surface area contributed by atoms with Crippen LogP contribution >= 0.6 is 7.60 Å². The number of allylic oxidation sites excluding steroid dienone is 6. The van der Waals surface area contributed by atoms with E-state index in [0.29, 0.717) is 6.16 Å². The van der Waals surface area contributed by atoms with Gasteiger partial charge in [-0.15, -0.1) is 0 Å². The summed E-state index contributed by atoms with van der Waals surface area (Å²) >= 11 is 0. The van der Waals surface area contributed by atoms with Gasteiger partial charge in [0.05, 0.1) is 6.16 Å². The van der Waals surface area contributed by atoms with E-state index in [1.165, 1.54) is 44.6 Å². The van der Waals surface area contributed by atoms with Gasteiger partial charge in [-0.2, -0.15) is 0 Å². The third kappa shape index (κ3) is 5.25. The average molecular weight is 312 g/mol. The molecule has 0 saturated heterocycles. The molecule has 1 rings (SSSR count). The Morgan fingerprint density at radius 1 is 1.33 bits per heavy atom. The molecular formula is C17H29O3P. The van der Waals surface area contributed by atoms with Gasteiger partial charge in [-0.25, -0.2) is 0 Å². The molecule has 0 unspecified atom stereocenters. The van der Waals surface area contributed by atoms with Crippen LogP contribution < -0.4 is 0 Å². The maximum atomic E-state index is 12.0. The lowest BCUT2D eigenvalue weighted by molar-refractivity contribution is 0.279. The van der Waals surface area contributed by atoms with Crippen molar-refractivity contribution in [3.63, 3.8) is 0 Å². The molecule has 0 radical (unpaired) electrons. The average Bonchev–Trinajstić information content (AvgIpc) is 2.43. The largest absolute Gasteiger partial charge is 0.333 e. The second-order valence-corrected chi connectivity index (χ2v) is 8.69. The molecule has 0 aromatic heterocycles. The molecule has 0 aliphatic heterocycles. The first-order chi connectivity index (χ1) is 9.74. The predicted octanol–water partition coefficient (Wildman–Crippen LogP) is 5.50. The van der Waals surface area contributed by atoms with E-state index >= 15 is 0 Å². The molecule has 1 aliphatic carbocycles. The molecule has 0 N–H and O–H groups in total. The van der Waals surface area contributed by atoms with Gasteiger partial charge in [-0.05, 0) is 44.1 Å². The van der Waals surface area contributed by atoms with Gasteiger partial charge in [0.1, 0.15) is 0 Å². The molecular weight excluding hydrogens is 283 g/mol. The van der Waals surface area contributed by atoms with Crippen LogP contribution in [0, 0.1) is 5.41 Å². The second-order valence-electron chi connectivity index (χ2n) is 6.37. The van der Waals surface area contributed by atoms with Crippen molar-refractivity contribution in [2.24, 2.45) is 5.41 Å². The summed E-state index contributed by atoms with van der Waals surface area (Å²) in [5.41, 5.74) is 4.23. The highest BCUT2D eigenvalue weighted by Gasteiger charge is 2.26. The summed E-state index contributed by atoms with van der Waals surface area (Å²) in [4.78, 5) is 0. The van der Waals surface area contributed by atoms with Gasteiger partial charge in [-0.1, -0.05) is 43.2 Å². The van der Waals surface area contributed by atoms with Crippen molar-refractivity contribution in [3.8, 4) is 0 Å². The van der Waals surface area contributed by atoms with E-state index in [1.54, 1.807) is 0 Å². The van der Waals surface area contributed by atoms with Gasteiger partial charge in [-0.3, -0.25) is 4.57 Å². The Kier molecular flexibility index (Phi) is 6.65. The zero-order valence-electron chi connectivity index (χ0n) is 14.2. The van der Waals surface area contributed by atoms with Gasteiger partial charge in [0, 0.05) is 14.2 Å². The van der Waals surface area contributed by atoms with Crippen LogP contribution in [0.5, 0.6) is 0 Å². The third-order valence-electron chi connectivity index (χ3n) is 4.25. The van der Waals surface area contributed by atoms with Crippen molar-refractivity contribution in [2.45, 2.75) is 47.0 Å². The first-order valence-electron chi connectivity index (χ1n) is 7.50. The highest BCUT2D eigenvalue weighted by Crippen LogP contribution is 2.46. The zero-order valence-corrected chi connectivity index (χ0v) is 15.1. The third-order valence-corrected chi connectivity index (χ3v) is 5.99. The summed E-state index contributed by atoms with van der Waals surface area (Å²) in [7, 11) is -0.114. The van der Waals surface area contributed by atoms with Gasteiger partial charge in [0.2, 0.25) is 0 Å². The molecule has 0 aromatic rings. The lowest BCUT2D eigenvalue weighted by Crippen LogP contribution is -2.19. The number of rotatable bonds is 6. The smallest absolute Gasteiger partial charge is 0.312 e. The van der Waals surface area contributed by atoms with Crippen LogP contribution in [0.1, 0.15) is 47.0 Å². The fourth-order valence-corrected chi connectivity index (χ4v) is 3.73. The maximum Gasteiger partial charge on any atom is 0.333 e. The molecule has 0 fully saturated rings. The Hall–Kier alpha value is -0.630. The number of hydrogen-bond acceptors (Lipinski definition) is 3. The topological polar surface area (TPSA) is 35.5 Å². The fourth-order valence-electron chi connectivity index (χ4n) is 2.77. The van der Waals surface area contributed by atoms with Crippen LogP contribution in [0.4, 0.5) is 0 Å². The van der Waals surface area contributed by atoms with Crippen LogP contribution in [-0.2, 0) is 13.6 Å². The lowest BCUT2D eigenvalue weighted by Gasteiger charge is -2.32. The first kappa shape index (κ1) is 18.4. The minimum atomic E-state index is -2.95. The Bertz CT molecular complexity index is 490. The minimum Gasteiger partial charge on any atom is -0.312 e. The van der Waals surface area contributed by atoms with Crippen molar-refractivity contribution in [1.29, 1.82) is 0 Å². The summed E-state index contributed by atoms with van der Waals surface area (Å²) in [5.74, 6) is 0. The lowest BCUT2D eigenvalue weighted by atomic mass is 9.72. The molecule has 21 heavy (non-hydrogen) atoms. The quantitative estimate of drug-likeness (QED) is 0.480. The molecule has 4 heteroatoms. The SMILES string of the molecule is COP(=O)(CC=C(C)C=CC1=C(C)CCCC1(C)C)OC. The molecule has 0 bridgehead atoms. The van der Waals surface area contributed by atoms with Crippen LogP contribution in [0.15, 0.2) is 34.9 Å². The van der Waals surface area contributed by atoms with E-state index in [1.807, 2.05) is 13.0 Å². The van der Waals surface area contributed by atoms with Crippen molar-refractivity contribution in [1.82, 2.24) is 0 Å². The molecule has 3 nitrogen and oxygen atoms in total. The molecule has 0 atom stereocenters. The Morgan fingerprint density at radius 3 is 2.48 bits per heavy atom. The highest BCUT2D eigenvalue weighted by atomic mass is 31.2. The molecule has 0 heterocycles. The molecule has 1 aliphatic rings.